The Bertz CT molecular complexity index is 1010. The normalized spacial score (nSPS) is 15.2. The van der Waals surface area contributed by atoms with Crippen LogP contribution in [0.3, 0.4) is 0 Å². The molecule has 3 rings (SSSR count). The molecule has 0 aliphatic carbocycles. The van der Waals surface area contributed by atoms with Crippen LogP contribution in [-0.4, -0.2) is 22.4 Å². The number of carbonyl (C=O) groups is 2. The monoisotopic (exact) mass is 464 g/mol. The average molecular weight is 466 g/mol. The van der Waals surface area contributed by atoms with Crippen molar-refractivity contribution in [2.45, 2.75) is 17.6 Å². The van der Waals surface area contributed by atoms with E-state index in [2.05, 4.69) is 9.99 Å². The van der Waals surface area contributed by atoms with Gasteiger partial charge in [-0.05, 0) is 35.9 Å². The van der Waals surface area contributed by atoms with E-state index in [4.69, 9.17) is 34.8 Å². The van der Waals surface area contributed by atoms with Crippen molar-refractivity contribution in [2.75, 3.05) is 4.90 Å². The molecule has 0 saturated heterocycles. The fourth-order valence-corrected chi connectivity index (χ4v) is 2.94. The minimum Gasteiger partial charge on any atom is -0.314 e. The number of nitrogens with zero attached hydrogens (tertiary/aromatic N) is 2. The Balaban J connectivity index is 1.96. The number of alkyl halides is 5. The van der Waals surface area contributed by atoms with Gasteiger partial charge in [-0.2, -0.15) is 13.2 Å². The first kappa shape index (κ1) is 21.4. The lowest BCUT2D eigenvalue weighted by atomic mass is 10.1. The zero-order valence-corrected chi connectivity index (χ0v) is 16.5. The highest BCUT2D eigenvalue weighted by Gasteiger charge is 2.36. The van der Waals surface area contributed by atoms with Crippen molar-refractivity contribution in [2.24, 2.45) is 5.16 Å². The molecular weight excluding hydrogens is 456 g/mol. The highest BCUT2D eigenvalue weighted by Crippen LogP contribution is 2.34. The van der Waals surface area contributed by atoms with Gasteiger partial charge < -0.3 is 9.74 Å². The van der Waals surface area contributed by atoms with E-state index in [-0.39, 0.29) is 28.4 Å². The predicted octanol–water partition coefficient (Wildman–Crippen LogP) is 4.96. The number of amides is 1. The number of hydrogen-bond donors (Lipinski definition) is 0. The van der Waals surface area contributed by atoms with E-state index in [1.807, 2.05) is 0 Å². The molecule has 0 spiro atoms. The predicted molar refractivity (Wildman–Crippen MR) is 102 cm³/mol. The van der Waals surface area contributed by atoms with Gasteiger partial charge in [0, 0.05) is 10.6 Å². The van der Waals surface area contributed by atoms with Crippen LogP contribution in [0.2, 0.25) is 5.02 Å². The maximum atomic E-state index is 13.0. The fraction of sp³-hybridized carbons (Fsp3) is 0.167. The van der Waals surface area contributed by atoms with Crippen LogP contribution in [-0.2, 0) is 27.1 Å². The van der Waals surface area contributed by atoms with E-state index in [1.54, 1.807) is 0 Å². The van der Waals surface area contributed by atoms with Crippen LogP contribution in [0.1, 0.15) is 16.7 Å². The molecule has 0 saturated carbocycles. The van der Waals surface area contributed by atoms with E-state index in [1.165, 1.54) is 35.2 Å². The van der Waals surface area contributed by atoms with Crippen LogP contribution < -0.4 is 4.90 Å². The standard InChI is InChI=1S/C18H10Cl3F3N2O3/c19-11-4-5-13-12(7-11)14(25-29-17(28)15(20)21)16(27)26(13)8-9-2-1-3-10(6-9)18(22,23)24/h1-7,15H,8H2/b25-14-. The van der Waals surface area contributed by atoms with Crippen molar-refractivity contribution < 1.29 is 27.6 Å². The summed E-state index contributed by atoms with van der Waals surface area (Å²) in [6.07, 6.45) is -4.52. The first-order chi connectivity index (χ1) is 13.6. The number of carbonyl (C=O) groups excluding carboxylic acids is 2. The van der Waals surface area contributed by atoms with Crippen LogP contribution in [0.5, 0.6) is 0 Å². The molecule has 1 heterocycles. The number of fused-ring (bicyclic) bond motifs is 1. The van der Waals surface area contributed by atoms with Gasteiger partial charge in [-0.1, -0.05) is 52.1 Å². The van der Waals surface area contributed by atoms with Crippen LogP contribution in [0.15, 0.2) is 47.6 Å². The Kier molecular flexibility index (Phi) is 6.07. The topological polar surface area (TPSA) is 59.0 Å². The van der Waals surface area contributed by atoms with Crippen LogP contribution >= 0.6 is 34.8 Å². The minimum atomic E-state index is -4.52. The molecule has 0 bridgehead atoms. The zero-order chi connectivity index (χ0) is 21.3. The molecule has 29 heavy (non-hydrogen) atoms. The number of rotatable bonds is 4. The van der Waals surface area contributed by atoms with E-state index >= 15 is 0 Å². The summed E-state index contributed by atoms with van der Waals surface area (Å²) in [6.45, 7) is -0.169. The minimum absolute atomic E-state index is 0.169. The molecule has 0 atom stereocenters. The number of hydrogen-bond acceptors (Lipinski definition) is 4. The summed E-state index contributed by atoms with van der Waals surface area (Å²) in [6, 6.07) is 9.03. The maximum absolute atomic E-state index is 13.0. The number of anilines is 1. The zero-order valence-electron chi connectivity index (χ0n) is 14.2. The Hall–Kier alpha value is -2.29. The van der Waals surface area contributed by atoms with Gasteiger partial charge in [0.05, 0.1) is 17.8 Å². The lowest BCUT2D eigenvalue weighted by Crippen LogP contribution is -2.30. The van der Waals surface area contributed by atoms with Gasteiger partial charge in [-0.25, -0.2) is 4.79 Å². The average Bonchev–Trinajstić information content (AvgIpc) is 2.90. The Morgan fingerprint density at radius 1 is 1.17 bits per heavy atom. The highest BCUT2D eigenvalue weighted by atomic mass is 35.5. The van der Waals surface area contributed by atoms with Gasteiger partial charge in [0.1, 0.15) is 0 Å². The number of oxime groups is 1. The van der Waals surface area contributed by atoms with Crippen molar-refractivity contribution in [3.05, 3.63) is 64.2 Å². The lowest BCUT2D eigenvalue weighted by molar-refractivity contribution is -0.141. The molecule has 2 aromatic rings. The summed E-state index contributed by atoms with van der Waals surface area (Å²) in [5, 5.41) is 3.81. The summed E-state index contributed by atoms with van der Waals surface area (Å²) in [5.41, 5.74) is -0.246. The van der Waals surface area contributed by atoms with Gasteiger partial charge >= 0.3 is 12.1 Å². The summed E-state index contributed by atoms with van der Waals surface area (Å²) < 4.78 is 38.9. The smallest absolute Gasteiger partial charge is 0.314 e. The van der Waals surface area contributed by atoms with Gasteiger partial charge in [-0.15, -0.1) is 0 Å². The molecule has 152 valence electrons. The largest absolute Gasteiger partial charge is 0.416 e. The molecule has 5 nitrogen and oxygen atoms in total. The second-order valence-corrected chi connectivity index (χ2v) is 7.43. The summed E-state index contributed by atoms with van der Waals surface area (Å²) in [7, 11) is 0. The van der Waals surface area contributed by atoms with E-state index in [0.29, 0.717) is 5.69 Å². The molecule has 0 aromatic heterocycles. The number of benzene rings is 2. The lowest BCUT2D eigenvalue weighted by Gasteiger charge is -2.18. The Labute approximate surface area is 177 Å². The van der Waals surface area contributed by atoms with Crippen molar-refractivity contribution in [3.63, 3.8) is 0 Å². The summed E-state index contributed by atoms with van der Waals surface area (Å²) in [5.74, 6) is -1.78. The first-order valence-corrected chi connectivity index (χ1v) is 9.18. The number of halogens is 6. The van der Waals surface area contributed by atoms with Crippen molar-refractivity contribution in [1.82, 2.24) is 0 Å². The summed E-state index contributed by atoms with van der Waals surface area (Å²) >= 11 is 16.7. The molecule has 1 aliphatic rings. The summed E-state index contributed by atoms with van der Waals surface area (Å²) in [4.78, 5) is 28.5. The van der Waals surface area contributed by atoms with Crippen LogP contribution in [0, 0.1) is 0 Å². The molecule has 0 radical (unpaired) electrons. The van der Waals surface area contributed by atoms with E-state index < -0.39 is 28.5 Å². The van der Waals surface area contributed by atoms with Crippen molar-refractivity contribution >= 4 is 58.1 Å². The molecule has 1 aliphatic heterocycles. The molecule has 0 fully saturated rings. The van der Waals surface area contributed by atoms with Gasteiger partial charge in [0.2, 0.25) is 4.84 Å². The third-order valence-corrected chi connectivity index (χ3v) is 4.54. The Morgan fingerprint density at radius 2 is 1.90 bits per heavy atom. The first-order valence-electron chi connectivity index (χ1n) is 7.93. The van der Waals surface area contributed by atoms with Crippen LogP contribution in [0.4, 0.5) is 18.9 Å². The van der Waals surface area contributed by atoms with Crippen molar-refractivity contribution in [3.8, 4) is 0 Å². The molecule has 0 unspecified atom stereocenters. The van der Waals surface area contributed by atoms with E-state index in [9.17, 15) is 22.8 Å². The SMILES string of the molecule is O=C(O/N=C1\C(=O)N(Cc2cccc(C(F)(F)F)c2)c2ccc(Cl)cc21)C(Cl)Cl. The van der Waals surface area contributed by atoms with Crippen LogP contribution in [0.25, 0.3) is 0 Å². The van der Waals surface area contributed by atoms with Gasteiger partial charge in [0.25, 0.3) is 5.91 Å². The van der Waals surface area contributed by atoms with Crippen molar-refractivity contribution in [1.29, 1.82) is 0 Å². The third-order valence-electron chi connectivity index (χ3n) is 3.95. The molecule has 2 aromatic carbocycles. The molecular formula is C18H10Cl3F3N2O3. The fourth-order valence-electron chi connectivity index (χ4n) is 2.69. The quantitative estimate of drug-likeness (QED) is 0.364. The van der Waals surface area contributed by atoms with E-state index in [0.717, 1.165) is 12.1 Å². The third kappa shape index (κ3) is 4.66. The second-order valence-electron chi connectivity index (χ2n) is 5.90. The van der Waals surface area contributed by atoms with Gasteiger partial charge in [0.15, 0.2) is 5.71 Å². The maximum Gasteiger partial charge on any atom is 0.416 e. The Morgan fingerprint density at radius 3 is 2.55 bits per heavy atom. The highest BCUT2D eigenvalue weighted by molar-refractivity contribution is 6.55. The molecule has 1 amide bonds. The van der Waals surface area contributed by atoms with Gasteiger partial charge in [-0.3, -0.25) is 4.79 Å². The molecule has 11 heteroatoms. The second kappa shape index (κ2) is 8.22. The molecule has 0 N–H and O–H groups in total.